The monoisotopic (exact) mass is 226 g/mol. The summed E-state index contributed by atoms with van der Waals surface area (Å²) in [5.41, 5.74) is 1.06. The van der Waals surface area contributed by atoms with Crippen LogP contribution in [0.2, 0.25) is 0 Å². The normalized spacial score (nSPS) is 19.9. The van der Waals surface area contributed by atoms with Crippen molar-refractivity contribution in [3.05, 3.63) is 11.6 Å². The third-order valence-electron chi connectivity index (χ3n) is 2.72. The Hall–Kier alpha value is -1.32. The van der Waals surface area contributed by atoms with Gasteiger partial charge < -0.3 is 9.47 Å². The van der Waals surface area contributed by atoms with Gasteiger partial charge in [-0.15, -0.1) is 0 Å². The second kappa shape index (κ2) is 6.30. The molecule has 0 spiro atoms. The summed E-state index contributed by atoms with van der Waals surface area (Å²) < 4.78 is 9.55. The van der Waals surface area contributed by atoms with Crippen molar-refractivity contribution in [2.24, 2.45) is 5.92 Å². The van der Waals surface area contributed by atoms with Crippen molar-refractivity contribution in [1.82, 2.24) is 0 Å². The van der Waals surface area contributed by atoms with E-state index in [1.54, 1.807) is 6.92 Å². The second-order valence-electron chi connectivity index (χ2n) is 3.84. The molecule has 0 aromatic rings. The van der Waals surface area contributed by atoms with Crippen LogP contribution in [0, 0.1) is 5.92 Å². The molecule has 1 atom stereocenters. The fourth-order valence-corrected chi connectivity index (χ4v) is 1.78. The molecule has 4 heteroatoms. The fraction of sp³-hybridized carbons (Fsp3) is 0.667. The van der Waals surface area contributed by atoms with Crippen molar-refractivity contribution in [2.45, 2.75) is 32.6 Å². The van der Waals surface area contributed by atoms with E-state index in [1.807, 2.05) is 6.08 Å². The minimum absolute atomic E-state index is 0.0404. The number of ether oxygens (including phenoxy) is 2. The number of hydrogen-bond donors (Lipinski definition) is 0. The minimum Gasteiger partial charge on any atom is -0.469 e. The van der Waals surface area contributed by atoms with Gasteiger partial charge in [0.1, 0.15) is 0 Å². The van der Waals surface area contributed by atoms with Gasteiger partial charge >= 0.3 is 11.9 Å². The highest BCUT2D eigenvalue weighted by Gasteiger charge is 2.23. The lowest BCUT2D eigenvalue weighted by Crippen LogP contribution is -2.20. The average molecular weight is 226 g/mol. The Bertz CT molecular complexity index is 293. The lowest BCUT2D eigenvalue weighted by atomic mass is 9.88. The van der Waals surface area contributed by atoms with E-state index in [0.717, 1.165) is 18.4 Å². The van der Waals surface area contributed by atoms with Gasteiger partial charge in [-0.3, -0.25) is 9.59 Å². The predicted molar refractivity (Wildman–Crippen MR) is 58.7 cm³/mol. The van der Waals surface area contributed by atoms with Gasteiger partial charge in [-0.05, 0) is 26.2 Å². The molecule has 0 amide bonds. The van der Waals surface area contributed by atoms with E-state index in [0.29, 0.717) is 19.4 Å². The Kier molecular flexibility index (Phi) is 5.02. The number of hydrogen-bond acceptors (Lipinski definition) is 4. The van der Waals surface area contributed by atoms with E-state index >= 15 is 0 Å². The smallest absolute Gasteiger partial charge is 0.309 e. The van der Waals surface area contributed by atoms with Crippen molar-refractivity contribution < 1.29 is 19.1 Å². The van der Waals surface area contributed by atoms with Gasteiger partial charge in [-0.1, -0.05) is 11.6 Å². The number of carbonyl (C=O) groups is 2. The van der Waals surface area contributed by atoms with Crippen molar-refractivity contribution in [3.63, 3.8) is 0 Å². The summed E-state index contributed by atoms with van der Waals surface area (Å²) in [4.78, 5) is 22.5. The number of rotatable bonds is 4. The van der Waals surface area contributed by atoms with Crippen molar-refractivity contribution in [1.29, 1.82) is 0 Å². The molecule has 0 heterocycles. The zero-order chi connectivity index (χ0) is 12.0. The first-order valence-corrected chi connectivity index (χ1v) is 5.58. The molecule has 1 aliphatic carbocycles. The highest BCUT2D eigenvalue weighted by atomic mass is 16.5. The molecule has 0 fully saturated rings. The Labute approximate surface area is 95.6 Å². The van der Waals surface area contributed by atoms with Gasteiger partial charge in [0.2, 0.25) is 0 Å². The summed E-state index contributed by atoms with van der Waals surface area (Å²) in [6.07, 6.45) is 4.51. The van der Waals surface area contributed by atoms with Gasteiger partial charge in [-0.25, -0.2) is 0 Å². The molecule has 0 N–H and O–H groups in total. The highest BCUT2D eigenvalue weighted by molar-refractivity contribution is 5.74. The van der Waals surface area contributed by atoms with Gasteiger partial charge in [0.15, 0.2) is 0 Å². The van der Waals surface area contributed by atoms with Crippen LogP contribution in [-0.2, 0) is 19.1 Å². The van der Waals surface area contributed by atoms with E-state index in [4.69, 9.17) is 4.74 Å². The molecule has 0 radical (unpaired) electrons. The number of methoxy groups -OCH3 is 1. The van der Waals surface area contributed by atoms with Crippen LogP contribution in [0.1, 0.15) is 32.6 Å². The Morgan fingerprint density at radius 2 is 2.25 bits per heavy atom. The molecule has 90 valence electrons. The SMILES string of the molecule is CCOC(=O)[C@H]1CC=C(CC(=O)OC)CC1. The standard InChI is InChI=1S/C12H18O4/c1-3-16-12(14)10-6-4-9(5-7-10)8-11(13)15-2/h4,10H,3,5-8H2,1-2H3/t10-/m0/s1. The maximum absolute atomic E-state index is 11.4. The molecule has 16 heavy (non-hydrogen) atoms. The van der Waals surface area contributed by atoms with Crippen molar-refractivity contribution in [2.75, 3.05) is 13.7 Å². The van der Waals surface area contributed by atoms with E-state index in [1.165, 1.54) is 7.11 Å². The first-order valence-electron chi connectivity index (χ1n) is 5.58. The third-order valence-corrected chi connectivity index (χ3v) is 2.72. The number of allylic oxidation sites excluding steroid dienone is 1. The molecule has 4 nitrogen and oxygen atoms in total. The van der Waals surface area contributed by atoms with Crippen molar-refractivity contribution >= 4 is 11.9 Å². The average Bonchev–Trinajstić information content (AvgIpc) is 2.30. The third kappa shape index (κ3) is 3.68. The summed E-state index contributed by atoms with van der Waals surface area (Å²) >= 11 is 0. The van der Waals surface area contributed by atoms with E-state index in [9.17, 15) is 9.59 Å². The fourth-order valence-electron chi connectivity index (χ4n) is 1.78. The molecule has 0 saturated carbocycles. The molecule has 0 aromatic carbocycles. The topological polar surface area (TPSA) is 52.6 Å². The maximum atomic E-state index is 11.4. The Balaban J connectivity index is 2.42. The second-order valence-corrected chi connectivity index (χ2v) is 3.84. The molecular formula is C12H18O4. The summed E-state index contributed by atoms with van der Waals surface area (Å²) in [7, 11) is 1.38. The first kappa shape index (κ1) is 12.7. The largest absolute Gasteiger partial charge is 0.469 e. The molecule has 1 rings (SSSR count). The van der Waals surface area contributed by atoms with Crippen LogP contribution in [0.4, 0.5) is 0 Å². The zero-order valence-corrected chi connectivity index (χ0v) is 9.82. The molecule has 0 aromatic heterocycles. The molecule has 0 unspecified atom stereocenters. The van der Waals surface area contributed by atoms with Crippen LogP contribution < -0.4 is 0 Å². The predicted octanol–water partition coefficient (Wildman–Crippen LogP) is 1.84. The van der Waals surface area contributed by atoms with Gasteiger partial charge in [-0.2, -0.15) is 0 Å². The first-order chi connectivity index (χ1) is 7.67. The summed E-state index contributed by atoms with van der Waals surface area (Å²) in [5.74, 6) is -0.391. The molecular weight excluding hydrogens is 208 g/mol. The van der Waals surface area contributed by atoms with Crippen LogP contribution in [-0.4, -0.2) is 25.7 Å². The van der Waals surface area contributed by atoms with E-state index in [-0.39, 0.29) is 17.9 Å². The van der Waals surface area contributed by atoms with E-state index in [2.05, 4.69) is 4.74 Å². The summed E-state index contributed by atoms with van der Waals surface area (Å²) in [5, 5.41) is 0. The maximum Gasteiger partial charge on any atom is 0.309 e. The van der Waals surface area contributed by atoms with Crippen LogP contribution in [0.25, 0.3) is 0 Å². The van der Waals surface area contributed by atoms with Gasteiger partial charge in [0.25, 0.3) is 0 Å². The number of carbonyl (C=O) groups excluding carboxylic acids is 2. The van der Waals surface area contributed by atoms with Crippen molar-refractivity contribution in [3.8, 4) is 0 Å². The van der Waals surface area contributed by atoms with E-state index < -0.39 is 0 Å². The van der Waals surface area contributed by atoms with Gasteiger partial charge in [0.05, 0.1) is 26.1 Å². The Morgan fingerprint density at radius 1 is 1.50 bits per heavy atom. The Morgan fingerprint density at radius 3 is 2.75 bits per heavy atom. The summed E-state index contributed by atoms with van der Waals surface area (Å²) in [6.45, 7) is 2.23. The molecule has 1 aliphatic rings. The quantitative estimate of drug-likeness (QED) is 0.542. The minimum atomic E-state index is -0.221. The van der Waals surface area contributed by atoms with Gasteiger partial charge in [0, 0.05) is 0 Å². The lowest BCUT2D eigenvalue weighted by Gasteiger charge is -2.19. The van der Waals surface area contributed by atoms with Crippen LogP contribution in [0.5, 0.6) is 0 Å². The number of esters is 2. The lowest BCUT2D eigenvalue weighted by molar-refractivity contribution is -0.148. The molecule has 0 aliphatic heterocycles. The summed E-state index contributed by atoms with van der Waals surface area (Å²) in [6, 6.07) is 0. The van der Waals surface area contributed by atoms with Crippen LogP contribution in [0.3, 0.4) is 0 Å². The molecule has 0 bridgehead atoms. The zero-order valence-electron chi connectivity index (χ0n) is 9.82. The van der Waals surface area contributed by atoms with Crippen LogP contribution >= 0.6 is 0 Å². The highest BCUT2D eigenvalue weighted by Crippen LogP contribution is 2.26. The molecule has 0 saturated heterocycles. The van der Waals surface area contributed by atoms with Crippen LogP contribution in [0.15, 0.2) is 11.6 Å².